The molecule has 0 saturated carbocycles. The lowest BCUT2D eigenvalue weighted by Crippen LogP contribution is -2.27. The van der Waals surface area contributed by atoms with Gasteiger partial charge >= 0.3 is 11.9 Å². The Kier molecular flexibility index (Phi) is 5.57. The van der Waals surface area contributed by atoms with Crippen LogP contribution in [0.25, 0.3) is 0 Å². The molecular weight excluding hydrogens is 236 g/mol. The van der Waals surface area contributed by atoms with Gasteiger partial charge in [0.05, 0.1) is 5.56 Å². The zero-order valence-corrected chi connectivity index (χ0v) is 9.74. The Morgan fingerprint density at radius 1 is 1.28 bits per heavy atom. The number of carboxylic acids is 1. The first-order valence-electron chi connectivity index (χ1n) is 5.57. The van der Waals surface area contributed by atoms with Crippen molar-refractivity contribution in [2.24, 2.45) is 0 Å². The van der Waals surface area contributed by atoms with Crippen molar-refractivity contribution in [1.29, 1.82) is 0 Å². The van der Waals surface area contributed by atoms with Crippen LogP contribution in [-0.2, 0) is 14.3 Å². The van der Waals surface area contributed by atoms with Crippen LogP contribution in [0.2, 0.25) is 0 Å². The molecule has 1 aromatic rings. The third-order valence-electron chi connectivity index (χ3n) is 2.32. The fourth-order valence-electron chi connectivity index (χ4n) is 1.39. The quantitative estimate of drug-likeness (QED) is 0.452. The van der Waals surface area contributed by atoms with Gasteiger partial charge in [0, 0.05) is 6.42 Å². The molecule has 0 aliphatic rings. The van der Waals surface area contributed by atoms with E-state index < -0.39 is 18.0 Å². The molecule has 0 bridgehead atoms. The van der Waals surface area contributed by atoms with Gasteiger partial charge in [-0.05, 0) is 25.0 Å². The van der Waals surface area contributed by atoms with E-state index in [9.17, 15) is 14.4 Å². The molecule has 0 aromatic heterocycles. The maximum absolute atomic E-state index is 11.6. The number of carbonyl (C=O) groups is 3. The maximum Gasteiger partial charge on any atom is 0.345 e. The van der Waals surface area contributed by atoms with Gasteiger partial charge in [-0.1, -0.05) is 18.2 Å². The van der Waals surface area contributed by atoms with Crippen LogP contribution in [0.15, 0.2) is 30.3 Å². The van der Waals surface area contributed by atoms with Crippen LogP contribution in [0.5, 0.6) is 0 Å². The average Bonchev–Trinajstić information content (AvgIpc) is 2.38. The van der Waals surface area contributed by atoms with E-state index >= 15 is 0 Å². The molecule has 18 heavy (non-hydrogen) atoms. The lowest BCUT2D eigenvalue weighted by molar-refractivity contribution is -0.147. The summed E-state index contributed by atoms with van der Waals surface area (Å²) in [5, 5.41) is 8.90. The van der Waals surface area contributed by atoms with Crippen LogP contribution in [0.3, 0.4) is 0 Å². The van der Waals surface area contributed by atoms with Gasteiger partial charge in [-0.3, -0.25) is 0 Å². The number of rotatable bonds is 7. The van der Waals surface area contributed by atoms with Crippen molar-refractivity contribution >= 4 is 18.2 Å². The van der Waals surface area contributed by atoms with Crippen molar-refractivity contribution in [2.45, 2.75) is 25.4 Å². The number of benzene rings is 1. The van der Waals surface area contributed by atoms with Crippen molar-refractivity contribution in [3.63, 3.8) is 0 Å². The van der Waals surface area contributed by atoms with Crippen molar-refractivity contribution in [1.82, 2.24) is 0 Å². The Morgan fingerprint density at radius 3 is 2.50 bits per heavy atom. The standard InChI is InChI=1S/C13H14O5/c14-9-5-4-8-11(12(15)16)18-13(17)10-6-2-1-3-7-10/h1-3,6-7,9,11H,4-5,8H2,(H,15,16). The van der Waals surface area contributed by atoms with E-state index in [0.717, 1.165) is 0 Å². The van der Waals surface area contributed by atoms with E-state index in [4.69, 9.17) is 9.84 Å². The smallest absolute Gasteiger partial charge is 0.345 e. The van der Waals surface area contributed by atoms with Gasteiger partial charge in [-0.15, -0.1) is 0 Å². The zero-order chi connectivity index (χ0) is 13.4. The highest BCUT2D eigenvalue weighted by molar-refractivity contribution is 5.91. The summed E-state index contributed by atoms with van der Waals surface area (Å²) in [6, 6.07) is 8.17. The molecule has 1 unspecified atom stereocenters. The molecule has 1 N–H and O–H groups in total. The number of carboxylic acid groups (broad SMARTS) is 1. The second kappa shape index (κ2) is 7.21. The van der Waals surface area contributed by atoms with Crippen molar-refractivity contribution in [3.8, 4) is 0 Å². The number of hydrogen-bond donors (Lipinski definition) is 1. The van der Waals surface area contributed by atoms with E-state index in [2.05, 4.69) is 0 Å². The third kappa shape index (κ3) is 4.37. The van der Waals surface area contributed by atoms with Gasteiger partial charge in [-0.25, -0.2) is 9.59 Å². The Balaban J connectivity index is 2.58. The first kappa shape index (κ1) is 13.9. The van der Waals surface area contributed by atoms with Gasteiger partial charge in [0.15, 0.2) is 6.10 Å². The second-order valence-corrected chi connectivity index (χ2v) is 3.70. The monoisotopic (exact) mass is 250 g/mol. The fraction of sp³-hybridized carbons (Fsp3) is 0.308. The molecule has 0 aliphatic heterocycles. The van der Waals surface area contributed by atoms with Gasteiger partial charge in [0.1, 0.15) is 6.29 Å². The van der Waals surface area contributed by atoms with E-state index in [0.29, 0.717) is 18.3 Å². The molecule has 1 rings (SSSR count). The number of aliphatic carboxylic acids is 1. The molecule has 0 fully saturated rings. The summed E-state index contributed by atoms with van der Waals surface area (Å²) in [6.45, 7) is 0. The molecule has 0 saturated heterocycles. The van der Waals surface area contributed by atoms with Crippen molar-refractivity contribution in [2.75, 3.05) is 0 Å². The van der Waals surface area contributed by atoms with Crippen LogP contribution in [-0.4, -0.2) is 29.4 Å². The first-order valence-corrected chi connectivity index (χ1v) is 5.57. The first-order chi connectivity index (χ1) is 8.65. The summed E-state index contributed by atoms with van der Waals surface area (Å²) >= 11 is 0. The highest BCUT2D eigenvalue weighted by Gasteiger charge is 2.22. The minimum atomic E-state index is -1.21. The predicted molar refractivity (Wildman–Crippen MR) is 63.2 cm³/mol. The molecule has 5 nitrogen and oxygen atoms in total. The lowest BCUT2D eigenvalue weighted by Gasteiger charge is -2.13. The molecule has 0 aliphatic carbocycles. The number of aldehydes is 1. The van der Waals surface area contributed by atoms with Crippen LogP contribution < -0.4 is 0 Å². The predicted octanol–water partition coefficient (Wildman–Crippen LogP) is 1.67. The van der Waals surface area contributed by atoms with Gasteiger partial charge in [-0.2, -0.15) is 0 Å². The lowest BCUT2D eigenvalue weighted by atomic mass is 10.1. The highest BCUT2D eigenvalue weighted by atomic mass is 16.6. The minimum absolute atomic E-state index is 0.132. The topological polar surface area (TPSA) is 80.7 Å². The van der Waals surface area contributed by atoms with Crippen LogP contribution in [0.4, 0.5) is 0 Å². The molecule has 1 aromatic carbocycles. The molecule has 1 atom stereocenters. The minimum Gasteiger partial charge on any atom is -0.479 e. The van der Waals surface area contributed by atoms with Gasteiger partial charge < -0.3 is 14.6 Å². The molecule has 5 heteroatoms. The van der Waals surface area contributed by atoms with Crippen molar-refractivity contribution < 1.29 is 24.2 Å². The van der Waals surface area contributed by atoms with E-state index in [-0.39, 0.29) is 12.8 Å². The second-order valence-electron chi connectivity index (χ2n) is 3.70. The van der Waals surface area contributed by atoms with Crippen LogP contribution in [0.1, 0.15) is 29.6 Å². The normalized spacial score (nSPS) is 11.6. The van der Waals surface area contributed by atoms with E-state index in [1.165, 1.54) is 0 Å². The summed E-state index contributed by atoms with van der Waals surface area (Å²) in [5.41, 5.74) is 0.305. The number of carbonyl (C=O) groups excluding carboxylic acids is 2. The fourth-order valence-corrected chi connectivity index (χ4v) is 1.39. The van der Waals surface area contributed by atoms with Crippen LogP contribution >= 0.6 is 0 Å². The van der Waals surface area contributed by atoms with Crippen molar-refractivity contribution in [3.05, 3.63) is 35.9 Å². The molecular formula is C13H14O5. The van der Waals surface area contributed by atoms with E-state index in [1.54, 1.807) is 30.3 Å². The van der Waals surface area contributed by atoms with Gasteiger partial charge in [0.2, 0.25) is 0 Å². The van der Waals surface area contributed by atoms with Crippen LogP contribution in [0, 0.1) is 0 Å². The Hall–Kier alpha value is -2.17. The summed E-state index contributed by atoms with van der Waals surface area (Å²) in [5.74, 6) is -1.88. The largest absolute Gasteiger partial charge is 0.479 e. The molecule has 0 spiro atoms. The van der Waals surface area contributed by atoms with E-state index in [1.807, 2.05) is 0 Å². The number of unbranched alkanes of at least 4 members (excludes halogenated alkanes) is 1. The maximum atomic E-state index is 11.6. The number of hydrogen-bond acceptors (Lipinski definition) is 4. The SMILES string of the molecule is O=CCCCC(OC(=O)c1ccccc1)C(=O)O. The zero-order valence-electron chi connectivity index (χ0n) is 9.74. The summed E-state index contributed by atoms with van der Waals surface area (Å²) in [6.07, 6.45) is 0.261. The Bertz CT molecular complexity index is 413. The molecule has 0 radical (unpaired) electrons. The van der Waals surface area contributed by atoms with Gasteiger partial charge in [0.25, 0.3) is 0 Å². The number of ether oxygens (including phenoxy) is 1. The molecule has 0 amide bonds. The highest BCUT2D eigenvalue weighted by Crippen LogP contribution is 2.09. The summed E-state index contributed by atoms with van der Waals surface area (Å²) < 4.78 is 4.89. The summed E-state index contributed by atoms with van der Waals surface area (Å²) in [4.78, 5) is 32.7. The Morgan fingerprint density at radius 2 is 1.94 bits per heavy atom. The third-order valence-corrected chi connectivity index (χ3v) is 2.32. The molecule has 96 valence electrons. The molecule has 0 heterocycles. The number of esters is 1. The summed E-state index contributed by atoms with van der Waals surface area (Å²) in [7, 11) is 0. The average molecular weight is 250 g/mol. The Labute approximate surface area is 104 Å².